The summed E-state index contributed by atoms with van der Waals surface area (Å²) < 4.78 is 5.72. The third kappa shape index (κ3) is 9.25. The third-order valence-corrected chi connectivity index (χ3v) is 3.56. The largest absolute Gasteiger partial charge is 0.376 e. The molecule has 0 saturated heterocycles. The van der Waals surface area contributed by atoms with Gasteiger partial charge < -0.3 is 4.74 Å². The molecule has 0 amide bonds. The van der Waals surface area contributed by atoms with Gasteiger partial charge in [-0.05, 0) is 31.2 Å². The first-order valence-corrected chi connectivity index (χ1v) is 8.27. The van der Waals surface area contributed by atoms with E-state index >= 15 is 0 Å². The van der Waals surface area contributed by atoms with Crippen molar-refractivity contribution in [1.29, 1.82) is 0 Å². The Morgan fingerprint density at radius 3 is 2.67 bits per heavy atom. The molecule has 0 N–H and O–H groups in total. The van der Waals surface area contributed by atoms with Crippen LogP contribution in [0.5, 0.6) is 0 Å². The Balaban J connectivity index is 2.19. The molecule has 0 radical (unpaired) electrons. The van der Waals surface area contributed by atoms with Crippen molar-refractivity contribution in [2.24, 2.45) is 0 Å². The van der Waals surface area contributed by atoms with E-state index in [1.54, 1.807) is 0 Å². The van der Waals surface area contributed by atoms with Crippen LogP contribution in [0.3, 0.4) is 0 Å². The molecule has 116 valence electrons. The van der Waals surface area contributed by atoms with E-state index in [2.05, 4.69) is 43.8 Å². The molecule has 0 aliphatic heterocycles. The van der Waals surface area contributed by atoms with E-state index in [4.69, 9.17) is 4.74 Å². The maximum atomic E-state index is 5.72. The molecule has 21 heavy (non-hydrogen) atoms. The van der Waals surface area contributed by atoms with Crippen LogP contribution in [0.4, 0.5) is 0 Å². The molecular formula is C20H30O. The molecule has 1 aromatic carbocycles. The minimum Gasteiger partial charge on any atom is -0.376 e. The topological polar surface area (TPSA) is 9.23 Å². The Morgan fingerprint density at radius 1 is 1.14 bits per heavy atom. The lowest BCUT2D eigenvalue weighted by molar-refractivity contribution is 0.125. The maximum Gasteiger partial charge on any atom is 0.0717 e. The van der Waals surface area contributed by atoms with Crippen molar-refractivity contribution in [2.45, 2.75) is 58.5 Å². The second-order valence-corrected chi connectivity index (χ2v) is 5.49. The van der Waals surface area contributed by atoms with E-state index in [0.717, 1.165) is 19.4 Å². The SMILES string of the molecule is C=CC/C(=C\CCOCc1ccccc1)CCCCCC. The number of hydrogen-bond donors (Lipinski definition) is 0. The number of ether oxygens (including phenoxy) is 1. The average Bonchev–Trinajstić information content (AvgIpc) is 2.52. The molecule has 0 fully saturated rings. The summed E-state index contributed by atoms with van der Waals surface area (Å²) in [5, 5.41) is 0. The van der Waals surface area contributed by atoms with E-state index in [9.17, 15) is 0 Å². The zero-order valence-electron chi connectivity index (χ0n) is 13.5. The predicted octanol–water partition coefficient (Wildman–Crippen LogP) is 6.07. The number of hydrogen-bond acceptors (Lipinski definition) is 1. The summed E-state index contributed by atoms with van der Waals surface area (Å²) in [4.78, 5) is 0. The second-order valence-electron chi connectivity index (χ2n) is 5.49. The van der Waals surface area contributed by atoms with Crippen LogP contribution in [-0.4, -0.2) is 6.61 Å². The van der Waals surface area contributed by atoms with Gasteiger partial charge in [0, 0.05) is 0 Å². The van der Waals surface area contributed by atoms with Crippen LogP contribution < -0.4 is 0 Å². The molecule has 0 aliphatic carbocycles. The Bertz CT molecular complexity index is 392. The fourth-order valence-electron chi connectivity index (χ4n) is 2.36. The third-order valence-electron chi connectivity index (χ3n) is 3.56. The molecule has 1 nitrogen and oxygen atoms in total. The monoisotopic (exact) mass is 286 g/mol. The predicted molar refractivity (Wildman–Crippen MR) is 92.4 cm³/mol. The Morgan fingerprint density at radius 2 is 1.95 bits per heavy atom. The van der Waals surface area contributed by atoms with Gasteiger partial charge in [-0.1, -0.05) is 74.2 Å². The first-order valence-electron chi connectivity index (χ1n) is 8.27. The molecule has 0 atom stereocenters. The zero-order valence-corrected chi connectivity index (χ0v) is 13.5. The Labute approximate surface area is 130 Å². The van der Waals surface area contributed by atoms with Crippen molar-refractivity contribution in [3.8, 4) is 0 Å². The highest BCUT2D eigenvalue weighted by atomic mass is 16.5. The maximum absolute atomic E-state index is 5.72. The molecule has 0 aromatic heterocycles. The van der Waals surface area contributed by atoms with Crippen molar-refractivity contribution < 1.29 is 4.74 Å². The van der Waals surface area contributed by atoms with Gasteiger partial charge in [-0.2, -0.15) is 0 Å². The first kappa shape index (κ1) is 17.7. The molecular weight excluding hydrogens is 256 g/mol. The van der Waals surface area contributed by atoms with Crippen molar-refractivity contribution in [3.05, 3.63) is 60.2 Å². The standard InChI is InChI=1S/C20H30O/c1-3-5-6-8-13-19(12-4-2)16-11-17-21-18-20-14-9-7-10-15-20/h4,7,9-10,14-16H,2-3,5-6,8,11-13,17-18H2,1H3/b19-16+. The van der Waals surface area contributed by atoms with Crippen LogP contribution in [-0.2, 0) is 11.3 Å². The van der Waals surface area contributed by atoms with E-state index in [0.29, 0.717) is 6.61 Å². The fourth-order valence-corrected chi connectivity index (χ4v) is 2.36. The molecule has 0 aliphatic rings. The van der Waals surface area contributed by atoms with Gasteiger partial charge in [-0.15, -0.1) is 6.58 Å². The minimum atomic E-state index is 0.710. The number of allylic oxidation sites excluding steroid dienone is 2. The molecule has 0 unspecified atom stereocenters. The number of unbranched alkanes of at least 4 members (excludes halogenated alkanes) is 3. The van der Waals surface area contributed by atoms with Gasteiger partial charge in [0.15, 0.2) is 0 Å². The van der Waals surface area contributed by atoms with Crippen LogP contribution in [0.25, 0.3) is 0 Å². The average molecular weight is 286 g/mol. The van der Waals surface area contributed by atoms with Crippen LogP contribution >= 0.6 is 0 Å². The molecule has 1 heteroatoms. The molecule has 1 rings (SSSR count). The van der Waals surface area contributed by atoms with Gasteiger partial charge in [-0.3, -0.25) is 0 Å². The highest BCUT2D eigenvalue weighted by Gasteiger charge is 1.97. The van der Waals surface area contributed by atoms with Gasteiger partial charge in [0.25, 0.3) is 0 Å². The summed E-state index contributed by atoms with van der Waals surface area (Å²) in [6.45, 7) is 7.62. The van der Waals surface area contributed by atoms with Gasteiger partial charge >= 0.3 is 0 Å². The fraction of sp³-hybridized carbons (Fsp3) is 0.500. The molecule has 0 saturated carbocycles. The van der Waals surface area contributed by atoms with Crippen LogP contribution in [0.2, 0.25) is 0 Å². The highest BCUT2D eigenvalue weighted by molar-refractivity contribution is 5.13. The summed E-state index contributed by atoms with van der Waals surface area (Å²) in [5.41, 5.74) is 2.76. The quantitative estimate of drug-likeness (QED) is 0.335. The second kappa shape index (κ2) is 12.4. The van der Waals surface area contributed by atoms with Crippen molar-refractivity contribution in [1.82, 2.24) is 0 Å². The van der Waals surface area contributed by atoms with E-state index in [-0.39, 0.29) is 0 Å². The van der Waals surface area contributed by atoms with Crippen LogP contribution in [0.1, 0.15) is 57.4 Å². The summed E-state index contributed by atoms with van der Waals surface area (Å²) in [6.07, 6.45) is 12.9. The lowest BCUT2D eigenvalue weighted by atomic mass is 10.0. The molecule has 0 spiro atoms. The van der Waals surface area contributed by atoms with Gasteiger partial charge in [0.05, 0.1) is 13.2 Å². The molecule has 0 bridgehead atoms. The zero-order chi connectivity index (χ0) is 15.2. The highest BCUT2D eigenvalue weighted by Crippen LogP contribution is 2.15. The summed E-state index contributed by atoms with van der Waals surface area (Å²) in [7, 11) is 0. The van der Waals surface area contributed by atoms with Crippen molar-refractivity contribution in [2.75, 3.05) is 6.61 Å². The summed E-state index contributed by atoms with van der Waals surface area (Å²) in [5.74, 6) is 0. The molecule has 0 heterocycles. The first-order chi connectivity index (χ1) is 10.4. The Kier molecular flexibility index (Phi) is 10.5. The normalized spacial score (nSPS) is 11.6. The van der Waals surface area contributed by atoms with Crippen molar-refractivity contribution >= 4 is 0 Å². The smallest absolute Gasteiger partial charge is 0.0717 e. The van der Waals surface area contributed by atoms with Crippen LogP contribution in [0.15, 0.2) is 54.6 Å². The van der Waals surface area contributed by atoms with Crippen molar-refractivity contribution in [3.63, 3.8) is 0 Å². The van der Waals surface area contributed by atoms with Gasteiger partial charge in [0.2, 0.25) is 0 Å². The summed E-state index contributed by atoms with van der Waals surface area (Å²) in [6, 6.07) is 10.3. The molecule has 1 aromatic rings. The number of rotatable bonds is 12. The van der Waals surface area contributed by atoms with E-state index in [1.807, 2.05) is 12.1 Å². The number of benzene rings is 1. The minimum absolute atomic E-state index is 0.710. The van der Waals surface area contributed by atoms with Gasteiger partial charge in [-0.25, -0.2) is 0 Å². The Hall–Kier alpha value is -1.34. The lowest BCUT2D eigenvalue weighted by Gasteiger charge is -2.06. The van der Waals surface area contributed by atoms with E-state index in [1.165, 1.54) is 43.2 Å². The lowest BCUT2D eigenvalue weighted by Crippen LogP contribution is -1.95. The summed E-state index contributed by atoms with van der Waals surface area (Å²) >= 11 is 0. The van der Waals surface area contributed by atoms with Crippen LogP contribution in [0, 0.1) is 0 Å². The van der Waals surface area contributed by atoms with E-state index < -0.39 is 0 Å². The van der Waals surface area contributed by atoms with Gasteiger partial charge in [0.1, 0.15) is 0 Å².